The van der Waals surface area contributed by atoms with E-state index >= 15 is 0 Å². The van der Waals surface area contributed by atoms with E-state index in [0.29, 0.717) is 17.1 Å². The Hall–Kier alpha value is -1.63. The zero-order chi connectivity index (χ0) is 14.8. The zero-order valence-electron chi connectivity index (χ0n) is 10.8. The molecule has 1 heterocycles. The van der Waals surface area contributed by atoms with Crippen molar-refractivity contribution in [3.05, 3.63) is 30.6 Å². The molecule has 7 heteroatoms. The molecule has 0 saturated heterocycles. The summed E-state index contributed by atoms with van der Waals surface area (Å²) in [6, 6.07) is 6.05. The van der Waals surface area contributed by atoms with Gasteiger partial charge in [-0.25, -0.2) is 4.98 Å². The summed E-state index contributed by atoms with van der Waals surface area (Å²) in [4.78, 5) is 4.36. The third kappa shape index (κ3) is 3.47. The van der Waals surface area contributed by atoms with Crippen molar-refractivity contribution in [1.82, 2.24) is 9.55 Å². The minimum atomic E-state index is -4.27. The predicted octanol–water partition coefficient (Wildman–Crippen LogP) is 4.15. The van der Waals surface area contributed by atoms with E-state index in [1.54, 1.807) is 18.5 Å². The maximum absolute atomic E-state index is 12.2. The highest BCUT2D eigenvalue weighted by Crippen LogP contribution is 2.37. The number of rotatable bonds is 4. The average molecular weight is 301 g/mol. The van der Waals surface area contributed by atoms with E-state index in [4.69, 9.17) is 5.73 Å². The van der Waals surface area contributed by atoms with Gasteiger partial charge in [-0.3, -0.25) is 0 Å². The number of nitrogen functional groups attached to an aromatic ring is 1. The maximum atomic E-state index is 12.2. The van der Waals surface area contributed by atoms with Crippen molar-refractivity contribution in [2.45, 2.75) is 30.3 Å². The number of halogens is 3. The molecule has 0 amide bonds. The first-order chi connectivity index (χ1) is 9.40. The van der Waals surface area contributed by atoms with Crippen LogP contribution in [0.15, 0.2) is 35.5 Å². The molecule has 108 valence electrons. The van der Waals surface area contributed by atoms with Crippen molar-refractivity contribution in [3.8, 4) is 11.3 Å². The van der Waals surface area contributed by atoms with E-state index in [1.165, 1.54) is 12.1 Å². The first-order valence-electron chi connectivity index (χ1n) is 6.07. The molecule has 1 aromatic heterocycles. The Balaban J connectivity index is 2.22. The fraction of sp³-hybridized carbons (Fsp3) is 0.308. The number of alkyl halides is 3. The van der Waals surface area contributed by atoms with Gasteiger partial charge in [0.2, 0.25) is 0 Å². The standard InChI is InChI=1S/C13H14F3N3S/c1-2-7-19-8-18-11(12(19)17)9-3-5-10(6-4-9)20-13(14,15)16/h3-6,8H,2,7,17H2,1H3. The number of aromatic nitrogens is 2. The molecule has 0 unspecified atom stereocenters. The number of benzene rings is 1. The molecule has 0 aliphatic carbocycles. The van der Waals surface area contributed by atoms with E-state index in [2.05, 4.69) is 4.98 Å². The molecular weight excluding hydrogens is 287 g/mol. The van der Waals surface area contributed by atoms with Gasteiger partial charge < -0.3 is 10.3 Å². The Kier molecular flexibility index (Phi) is 4.27. The number of anilines is 1. The van der Waals surface area contributed by atoms with Gasteiger partial charge in [0.05, 0.1) is 6.33 Å². The van der Waals surface area contributed by atoms with Crippen LogP contribution in [0.25, 0.3) is 11.3 Å². The van der Waals surface area contributed by atoms with Crippen LogP contribution < -0.4 is 5.73 Å². The molecule has 20 heavy (non-hydrogen) atoms. The van der Waals surface area contributed by atoms with Gasteiger partial charge in [-0.05, 0) is 30.3 Å². The van der Waals surface area contributed by atoms with Crippen molar-refractivity contribution < 1.29 is 13.2 Å². The summed E-state index contributed by atoms with van der Waals surface area (Å²) in [7, 11) is 0. The molecule has 0 bridgehead atoms. The highest BCUT2D eigenvalue weighted by molar-refractivity contribution is 8.00. The van der Waals surface area contributed by atoms with E-state index in [9.17, 15) is 13.2 Å². The number of imidazole rings is 1. The Labute approximate surface area is 119 Å². The van der Waals surface area contributed by atoms with Gasteiger partial charge in [-0.15, -0.1) is 0 Å². The number of hydrogen-bond donors (Lipinski definition) is 1. The third-order valence-electron chi connectivity index (χ3n) is 2.70. The first kappa shape index (κ1) is 14.8. The quantitative estimate of drug-likeness (QED) is 0.863. The van der Waals surface area contributed by atoms with Crippen LogP contribution in [0.2, 0.25) is 0 Å². The average Bonchev–Trinajstić information content (AvgIpc) is 2.71. The second-order valence-corrected chi connectivity index (χ2v) is 5.38. The van der Waals surface area contributed by atoms with Crippen molar-refractivity contribution in [2.24, 2.45) is 0 Å². The van der Waals surface area contributed by atoms with E-state index in [0.717, 1.165) is 13.0 Å². The van der Waals surface area contributed by atoms with Gasteiger partial charge >= 0.3 is 5.51 Å². The Morgan fingerprint density at radius 2 is 1.90 bits per heavy atom. The molecule has 2 aromatic rings. The van der Waals surface area contributed by atoms with Crippen LogP contribution in [0, 0.1) is 0 Å². The molecular formula is C13H14F3N3S. The SMILES string of the molecule is CCCn1cnc(-c2ccc(SC(F)(F)F)cc2)c1N. The lowest BCUT2D eigenvalue weighted by molar-refractivity contribution is -0.0328. The number of aryl methyl sites for hydroxylation is 1. The van der Waals surface area contributed by atoms with Crippen LogP contribution in [0.3, 0.4) is 0 Å². The summed E-state index contributed by atoms with van der Waals surface area (Å²) in [6.07, 6.45) is 2.58. The van der Waals surface area contributed by atoms with Gasteiger partial charge in [0.15, 0.2) is 0 Å². The Morgan fingerprint density at radius 3 is 2.45 bits per heavy atom. The molecule has 0 atom stereocenters. The van der Waals surface area contributed by atoms with Crippen molar-refractivity contribution in [1.29, 1.82) is 0 Å². The number of thioether (sulfide) groups is 1. The van der Waals surface area contributed by atoms with E-state index < -0.39 is 5.51 Å². The smallest absolute Gasteiger partial charge is 0.383 e. The lowest BCUT2D eigenvalue weighted by Gasteiger charge is -2.07. The molecule has 1 aromatic carbocycles. The summed E-state index contributed by atoms with van der Waals surface area (Å²) >= 11 is -0.135. The highest BCUT2D eigenvalue weighted by Gasteiger charge is 2.29. The van der Waals surface area contributed by atoms with Crippen LogP contribution >= 0.6 is 11.8 Å². The van der Waals surface area contributed by atoms with Crippen LogP contribution in [-0.2, 0) is 6.54 Å². The van der Waals surface area contributed by atoms with Crippen LogP contribution in [-0.4, -0.2) is 15.1 Å². The lowest BCUT2D eigenvalue weighted by atomic mass is 10.1. The molecule has 0 aliphatic rings. The van der Waals surface area contributed by atoms with Gasteiger partial charge in [-0.2, -0.15) is 13.2 Å². The third-order valence-corrected chi connectivity index (χ3v) is 3.44. The Bertz CT molecular complexity index is 576. The summed E-state index contributed by atoms with van der Waals surface area (Å²) in [5.74, 6) is 0.531. The molecule has 2 N–H and O–H groups in total. The second-order valence-electron chi connectivity index (χ2n) is 4.24. The molecule has 3 nitrogen and oxygen atoms in total. The van der Waals surface area contributed by atoms with Crippen LogP contribution in [0.4, 0.5) is 19.0 Å². The monoisotopic (exact) mass is 301 g/mol. The summed E-state index contributed by atoms with van der Waals surface area (Å²) in [6.45, 7) is 2.79. The predicted molar refractivity (Wildman–Crippen MR) is 74.3 cm³/mol. The lowest BCUT2D eigenvalue weighted by Crippen LogP contribution is -2.01. The summed E-state index contributed by atoms with van der Waals surface area (Å²) < 4.78 is 38.6. The molecule has 0 radical (unpaired) electrons. The zero-order valence-corrected chi connectivity index (χ0v) is 11.6. The molecule has 0 aliphatic heterocycles. The Morgan fingerprint density at radius 1 is 1.25 bits per heavy atom. The topological polar surface area (TPSA) is 43.8 Å². The van der Waals surface area contributed by atoms with Crippen LogP contribution in [0.5, 0.6) is 0 Å². The van der Waals surface area contributed by atoms with E-state index in [-0.39, 0.29) is 16.7 Å². The van der Waals surface area contributed by atoms with Gasteiger partial charge in [0, 0.05) is 17.0 Å². The second kappa shape index (κ2) is 5.78. The minimum absolute atomic E-state index is 0.135. The molecule has 2 rings (SSSR count). The largest absolute Gasteiger partial charge is 0.446 e. The molecule has 0 fully saturated rings. The van der Waals surface area contributed by atoms with Gasteiger partial charge in [0.25, 0.3) is 0 Å². The normalized spacial score (nSPS) is 11.8. The number of nitrogens with two attached hydrogens (primary N) is 1. The fourth-order valence-electron chi connectivity index (χ4n) is 1.85. The van der Waals surface area contributed by atoms with Crippen LogP contribution in [0.1, 0.15) is 13.3 Å². The van der Waals surface area contributed by atoms with E-state index in [1.807, 2.05) is 11.5 Å². The first-order valence-corrected chi connectivity index (χ1v) is 6.89. The van der Waals surface area contributed by atoms with Crippen molar-refractivity contribution in [3.63, 3.8) is 0 Å². The molecule has 0 spiro atoms. The van der Waals surface area contributed by atoms with Crippen molar-refractivity contribution in [2.75, 3.05) is 5.73 Å². The summed E-state index contributed by atoms with van der Waals surface area (Å²) in [5.41, 5.74) is 3.01. The minimum Gasteiger partial charge on any atom is -0.383 e. The number of hydrogen-bond acceptors (Lipinski definition) is 3. The fourth-order valence-corrected chi connectivity index (χ4v) is 2.39. The molecule has 0 saturated carbocycles. The number of nitrogens with zero attached hydrogens (tertiary/aromatic N) is 2. The highest BCUT2D eigenvalue weighted by atomic mass is 32.2. The van der Waals surface area contributed by atoms with Crippen molar-refractivity contribution >= 4 is 17.6 Å². The van der Waals surface area contributed by atoms with Gasteiger partial charge in [-0.1, -0.05) is 19.1 Å². The maximum Gasteiger partial charge on any atom is 0.446 e. The van der Waals surface area contributed by atoms with Gasteiger partial charge in [0.1, 0.15) is 11.5 Å². The summed E-state index contributed by atoms with van der Waals surface area (Å²) in [5, 5.41) is 0.